The van der Waals surface area contributed by atoms with E-state index in [-0.39, 0.29) is 11.9 Å². The summed E-state index contributed by atoms with van der Waals surface area (Å²) in [6.07, 6.45) is 0.997. The third-order valence-electron chi connectivity index (χ3n) is 5.45. The number of hydrogen-bond acceptors (Lipinski definition) is 4. The second-order valence-corrected chi connectivity index (χ2v) is 7.34. The number of benzene rings is 2. The van der Waals surface area contributed by atoms with E-state index in [0.717, 1.165) is 44.8 Å². The number of hydrogen-bond donors (Lipinski definition) is 1. The summed E-state index contributed by atoms with van der Waals surface area (Å²) in [5, 5.41) is 11.9. The number of piperazine rings is 1. The number of nitrogens with zero attached hydrogens (tertiary/aromatic N) is 3. The third kappa shape index (κ3) is 5.19. The van der Waals surface area contributed by atoms with Gasteiger partial charge in [-0.25, -0.2) is 0 Å². The van der Waals surface area contributed by atoms with Crippen LogP contribution in [0.1, 0.15) is 30.5 Å². The minimum Gasteiger partial charge on any atom is -0.325 e. The lowest BCUT2D eigenvalue weighted by Gasteiger charge is -2.37. The van der Waals surface area contributed by atoms with Gasteiger partial charge < -0.3 is 5.32 Å². The van der Waals surface area contributed by atoms with Crippen LogP contribution in [0.3, 0.4) is 0 Å². The van der Waals surface area contributed by atoms with E-state index >= 15 is 0 Å². The van der Waals surface area contributed by atoms with Crippen molar-refractivity contribution < 1.29 is 4.79 Å². The number of carbonyl (C=O) groups is 1. The molecule has 0 aliphatic carbocycles. The molecule has 1 aliphatic heterocycles. The lowest BCUT2D eigenvalue weighted by atomic mass is 10.1. The maximum Gasteiger partial charge on any atom is 0.241 e. The molecule has 0 spiro atoms. The molecule has 3 rings (SSSR count). The topological polar surface area (TPSA) is 59.4 Å². The standard InChI is InChI=1S/C23H28N4O/c1-3-19-8-10-22(11-9-19)25-23(28)18(2)27-14-12-26(13-15-27)17-21-6-4-20(16-24)5-7-21/h4-11,18H,3,12-15,17H2,1-2H3,(H,25,28)/t18-/m0/s1. The van der Waals surface area contributed by atoms with E-state index in [9.17, 15) is 4.79 Å². The van der Waals surface area contributed by atoms with Crippen LogP contribution in [0, 0.1) is 11.3 Å². The second-order valence-electron chi connectivity index (χ2n) is 7.34. The molecule has 146 valence electrons. The van der Waals surface area contributed by atoms with Crippen molar-refractivity contribution in [2.75, 3.05) is 31.5 Å². The van der Waals surface area contributed by atoms with E-state index in [4.69, 9.17) is 5.26 Å². The predicted octanol–water partition coefficient (Wildman–Crippen LogP) is 3.27. The van der Waals surface area contributed by atoms with Crippen LogP contribution in [0.4, 0.5) is 5.69 Å². The minimum absolute atomic E-state index is 0.0461. The van der Waals surface area contributed by atoms with E-state index < -0.39 is 0 Å². The fraction of sp³-hybridized carbons (Fsp3) is 0.391. The Kier molecular flexibility index (Phi) is 6.80. The Hall–Kier alpha value is -2.68. The molecule has 2 aromatic carbocycles. The van der Waals surface area contributed by atoms with Crippen molar-refractivity contribution >= 4 is 11.6 Å². The molecule has 0 bridgehead atoms. The molecule has 1 atom stereocenters. The summed E-state index contributed by atoms with van der Waals surface area (Å²) in [4.78, 5) is 17.2. The van der Waals surface area contributed by atoms with E-state index in [1.165, 1.54) is 11.1 Å². The van der Waals surface area contributed by atoms with Gasteiger partial charge >= 0.3 is 0 Å². The average molecular weight is 377 g/mol. The van der Waals surface area contributed by atoms with Gasteiger partial charge in [0.2, 0.25) is 5.91 Å². The zero-order valence-electron chi connectivity index (χ0n) is 16.7. The van der Waals surface area contributed by atoms with Crippen molar-refractivity contribution in [1.29, 1.82) is 5.26 Å². The molecule has 1 aliphatic rings. The zero-order chi connectivity index (χ0) is 19.9. The molecule has 0 saturated carbocycles. The average Bonchev–Trinajstić information content (AvgIpc) is 2.75. The Labute approximate surface area is 167 Å². The smallest absolute Gasteiger partial charge is 0.241 e. The fourth-order valence-corrected chi connectivity index (χ4v) is 3.49. The monoisotopic (exact) mass is 376 g/mol. The predicted molar refractivity (Wildman–Crippen MR) is 112 cm³/mol. The van der Waals surface area contributed by atoms with Crippen molar-refractivity contribution in [2.24, 2.45) is 0 Å². The van der Waals surface area contributed by atoms with Crippen LogP contribution in [-0.4, -0.2) is 47.9 Å². The van der Waals surface area contributed by atoms with Crippen LogP contribution in [0.5, 0.6) is 0 Å². The molecule has 1 saturated heterocycles. The van der Waals surface area contributed by atoms with E-state index in [2.05, 4.69) is 40.2 Å². The molecule has 1 N–H and O–H groups in total. The summed E-state index contributed by atoms with van der Waals surface area (Å²) >= 11 is 0. The third-order valence-corrected chi connectivity index (χ3v) is 5.45. The number of nitriles is 1. The lowest BCUT2D eigenvalue weighted by Crippen LogP contribution is -2.52. The van der Waals surface area contributed by atoms with E-state index in [0.29, 0.717) is 5.56 Å². The maximum absolute atomic E-state index is 12.6. The van der Waals surface area contributed by atoms with Crippen LogP contribution >= 0.6 is 0 Å². The molecule has 0 radical (unpaired) electrons. The summed E-state index contributed by atoms with van der Waals surface area (Å²) in [6.45, 7) is 8.59. The van der Waals surface area contributed by atoms with Gasteiger partial charge in [0.25, 0.3) is 0 Å². The summed E-state index contributed by atoms with van der Waals surface area (Å²) < 4.78 is 0. The number of nitrogens with one attached hydrogen (secondary N) is 1. The van der Waals surface area contributed by atoms with Crippen LogP contribution < -0.4 is 5.32 Å². The SMILES string of the molecule is CCc1ccc(NC(=O)[C@H](C)N2CCN(Cc3ccc(C#N)cc3)CC2)cc1. The number of carbonyl (C=O) groups excluding carboxylic acids is 1. The minimum atomic E-state index is -0.150. The van der Waals surface area contributed by atoms with Crippen LogP contribution in [0.25, 0.3) is 0 Å². The van der Waals surface area contributed by atoms with Gasteiger partial charge in [-0.3, -0.25) is 14.6 Å². The molecule has 1 amide bonds. The van der Waals surface area contributed by atoms with E-state index in [1.807, 2.05) is 43.3 Å². The van der Waals surface area contributed by atoms with Crippen LogP contribution in [0.15, 0.2) is 48.5 Å². The van der Waals surface area contributed by atoms with Gasteiger partial charge in [-0.15, -0.1) is 0 Å². The first kappa shape index (κ1) is 20.1. The van der Waals surface area contributed by atoms with Gasteiger partial charge in [-0.05, 0) is 48.7 Å². The molecule has 1 heterocycles. The molecular formula is C23H28N4O. The highest BCUT2D eigenvalue weighted by atomic mass is 16.2. The normalized spacial score (nSPS) is 16.3. The molecule has 0 aromatic heterocycles. The quantitative estimate of drug-likeness (QED) is 0.841. The van der Waals surface area contributed by atoms with Crippen molar-refractivity contribution in [2.45, 2.75) is 32.9 Å². The summed E-state index contributed by atoms with van der Waals surface area (Å²) in [6, 6.07) is 17.8. The Morgan fingerprint density at radius 3 is 2.21 bits per heavy atom. The molecule has 5 nitrogen and oxygen atoms in total. The van der Waals surface area contributed by atoms with Gasteiger partial charge in [-0.2, -0.15) is 5.26 Å². The van der Waals surface area contributed by atoms with Gasteiger partial charge in [0.1, 0.15) is 0 Å². The lowest BCUT2D eigenvalue weighted by molar-refractivity contribution is -0.121. The Balaban J connectivity index is 1.47. The number of aryl methyl sites for hydroxylation is 1. The van der Waals surface area contributed by atoms with Crippen molar-refractivity contribution in [3.63, 3.8) is 0 Å². The highest BCUT2D eigenvalue weighted by Gasteiger charge is 2.25. The van der Waals surface area contributed by atoms with E-state index in [1.54, 1.807) is 0 Å². The molecule has 1 fully saturated rings. The van der Waals surface area contributed by atoms with Crippen LogP contribution in [-0.2, 0) is 17.8 Å². The van der Waals surface area contributed by atoms with Crippen molar-refractivity contribution in [3.8, 4) is 6.07 Å². The fourth-order valence-electron chi connectivity index (χ4n) is 3.49. The van der Waals surface area contributed by atoms with Gasteiger partial charge in [0.15, 0.2) is 0 Å². The highest BCUT2D eigenvalue weighted by molar-refractivity contribution is 5.94. The summed E-state index contributed by atoms with van der Waals surface area (Å²) in [7, 11) is 0. The largest absolute Gasteiger partial charge is 0.325 e. The number of amides is 1. The summed E-state index contributed by atoms with van der Waals surface area (Å²) in [5.41, 5.74) is 4.03. The van der Waals surface area contributed by atoms with Gasteiger partial charge in [0.05, 0.1) is 17.7 Å². The second kappa shape index (κ2) is 9.50. The van der Waals surface area contributed by atoms with Crippen molar-refractivity contribution in [3.05, 3.63) is 65.2 Å². The first-order chi connectivity index (χ1) is 13.6. The molecule has 0 unspecified atom stereocenters. The first-order valence-corrected chi connectivity index (χ1v) is 9.94. The van der Waals surface area contributed by atoms with Crippen LogP contribution in [0.2, 0.25) is 0 Å². The molecular weight excluding hydrogens is 348 g/mol. The maximum atomic E-state index is 12.6. The molecule has 5 heteroatoms. The number of anilines is 1. The Morgan fingerprint density at radius 1 is 1.04 bits per heavy atom. The summed E-state index contributed by atoms with van der Waals surface area (Å²) in [5.74, 6) is 0.0461. The molecule has 2 aromatic rings. The van der Waals surface area contributed by atoms with Gasteiger partial charge in [0, 0.05) is 38.4 Å². The Morgan fingerprint density at radius 2 is 1.64 bits per heavy atom. The Bertz CT molecular complexity index is 815. The number of rotatable bonds is 6. The first-order valence-electron chi connectivity index (χ1n) is 9.94. The molecule has 28 heavy (non-hydrogen) atoms. The van der Waals surface area contributed by atoms with Gasteiger partial charge in [-0.1, -0.05) is 31.2 Å². The van der Waals surface area contributed by atoms with Crippen molar-refractivity contribution in [1.82, 2.24) is 9.80 Å². The zero-order valence-corrected chi connectivity index (χ0v) is 16.7. The highest BCUT2D eigenvalue weighted by Crippen LogP contribution is 2.14.